The van der Waals surface area contributed by atoms with Gasteiger partial charge in [0, 0.05) is 25.7 Å². The molecule has 0 aliphatic rings. The SMILES string of the molecule is CCCCCCCCCCCCCCCCCCCCCCC(=O)O[C@H](COC(=O)CCCCCCCCCCCCCCCC(C)C)COP(=O)(O)OC[C@@H](O)COP(=O)(O)OC[C@@H](COC(=O)CCCCCCCCCCCC)OC(=O)CCCCCCCCCCCCCC(C)C. The van der Waals surface area contributed by atoms with E-state index in [-0.39, 0.29) is 25.7 Å². The molecule has 17 nitrogen and oxygen atoms in total. The average Bonchev–Trinajstić information content (AvgIpc) is 0.954. The largest absolute Gasteiger partial charge is 0.472 e. The lowest BCUT2D eigenvalue weighted by Crippen LogP contribution is -2.30. The van der Waals surface area contributed by atoms with E-state index >= 15 is 0 Å². The number of aliphatic hydroxyl groups excluding tert-OH is 1. The summed E-state index contributed by atoms with van der Waals surface area (Å²) in [6.07, 6.45) is 62.4. The van der Waals surface area contributed by atoms with Crippen molar-refractivity contribution in [1.29, 1.82) is 0 Å². The van der Waals surface area contributed by atoms with Crippen molar-refractivity contribution in [3.8, 4) is 0 Å². The van der Waals surface area contributed by atoms with Crippen LogP contribution in [0, 0.1) is 11.8 Å². The summed E-state index contributed by atoms with van der Waals surface area (Å²) in [5, 5.41) is 10.6. The molecular formula is C81H158O17P2. The van der Waals surface area contributed by atoms with E-state index in [1.165, 1.54) is 244 Å². The molecule has 0 aliphatic heterocycles. The number of unbranched alkanes of at least 4 members (excludes halogenated alkanes) is 50. The molecule has 0 aliphatic carbocycles. The highest BCUT2D eigenvalue weighted by atomic mass is 31.2. The first-order valence-corrected chi connectivity index (χ1v) is 45.0. The van der Waals surface area contributed by atoms with E-state index in [9.17, 15) is 43.2 Å². The van der Waals surface area contributed by atoms with Crippen molar-refractivity contribution in [3.63, 3.8) is 0 Å². The number of carbonyl (C=O) groups excluding carboxylic acids is 4. The standard InChI is InChI=1S/C81H158O17P2/c1-7-9-11-13-15-17-19-20-21-22-23-24-25-26-29-35-41-47-53-59-65-80(85)97-77(70-92-79(84)64-58-52-46-40-34-30-27-28-32-37-43-49-55-61-73(3)4)72-96-100(89,90)94-68-75(82)67-93-99(87,88)95-71-76(69-91-78(83)63-57-51-45-39-18-16-14-12-10-8-2)98-81(86)66-60-54-48-42-36-31-33-38-44-50-56-62-74(5)6/h73-77,82H,7-72H2,1-6H3,(H,87,88)(H,89,90)/t75-,76+,77+/m0/s1. The summed E-state index contributed by atoms with van der Waals surface area (Å²) in [5.41, 5.74) is 0. The first-order chi connectivity index (χ1) is 48.4. The van der Waals surface area contributed by atoms with Crippen LogP contribution < -0.4 is 0 Å². The summed E-state index contributed by atoms with van der Waals surface area (Å²) in [5.74, 6) is -0.552. The van der Waals surface area contributed by atoms with Gasteiger partial charge in [0.1, 0.15) is 19.3 Å². The van der Waals surface area contributed by atoms with Crippen LogP contribution in [-0.2, 0) is 65.4 Å². The van der Waals surface area contributed by atoms with Gasteiger partial charge >= 0.3 is 39.5 Å². The summed E-state index contributed by atoms with van der Waals surface area (Å²) in [6.45, 7) is 9.65. The Morgan fingerprint density at radius 1 is 0.270 bits per heavy atom. The summed E-state index contributed by atoms with van der Waals surface area (Å²) >= 11 is 0. The topological polar surface area (TPSA) is 237 Å². The normalized spacial score (nSPS) is 13.9. The van der Waals surface area contributed by atoms with Crippen LogP contribution in [0.25, 0.3) is 0 Å². The zero-order valence-electron chi connectivity index (χ0n) is 65.5. The molecule has 0 saturated carbocycles. The first-order valence-electron chi connectivity index (χ1n) is 42.0. The minimum atomic E-state index is -4.96. The molecule has 19 heteroatoms. The molecule has 0 aromatic rings. The van der Waals surface area contributed by atoms with Crippen LogP contribution in [0.5, 0.6) is 0 Å². The smallest absolute Gasteiger partial charge is 0.462 e. The highest BCUT2D eigenvalue weighted by Gasteiger charge is 2.30. The van der Waals surface area contributed by atoms with Gasteiger partial charge in [-0.15, -0.1) is 0 Å². The van der Waals surface area contributed by atoms with Gasteiger partial charge in [-0.3, -0.25) is 37.3 Å². The van der Waals surface area contributed by atoms with E-state index in [1.807, 2.05) is 0 Å². The van der Waals surface area contributed by atoms with Crippen LogP contribution in [0.1, 0.15) is 427 Å². The van der Waals surface area contributed by atoms with Crippen molar-refractivity contribution in [2.75, 3.05) is 39.6 Å². The molecule has 0 amide bonds. The first kappa shape index (κ1) is 98.1. The summed E-state index contributed by atoms with van der Waals surface area (Å²) in [6, 6.07) is 0. The van der Waals surface area contributed by atoms with E-state index in [4.69, 9.17) is 37.0 Å². The van der Waals surface area contributed by atoms with E-state index < -0.39 is 97.5 Å². The Morgan fingerprint density at radius 3 is 0.680 bits per heavy atom. The minimum Gasteiger partial charge on any atom is -0.462 e. The predicted molar refractivity (Wildman–Crippen MR) is 409 cm³/mol. The zero-order valence-corrected chi connectivity index (χ0v) is 67.3. The minimum absolute atomic E-state index is 0.107. The Kier molecular flexibility index (Phi) is 71.2. The lowest BCUT2D eigenvalue weighted by molar-refractivity contribution is -0.161. The maximum atomic E-state index is 13.1. The summed E-state index contributed by atoms with van der Waals surface area (Å²) in [4.78, 5) is 73.0. The molecular weight excluding hydrogens is 1310 g/mol. The highest BCUT2D eigenvalue weighted by Crippen LogP contribution is 2.45. The van der Waals surface area contributed by atoms with Gasteiger partial charge in [0.15, 0.2) is 12.2 Å². The molecule has 0 fully saturated rings. The molecule has 0 heterocycles. The number of phosphoric ester groups is 2. The number of hydrogen-bond donors (Lipinski definition) is 3. The van der Waals surface area contributed by atoms with Gasteiger partial charge < -0.3 is 33.8 Å². The fourth-order valence-corrected chi connectivity index (χ4v) is 14.1. The third-order valence-electron chi connectivity index (χ3n) is 19.0. The number of hydrogen-bond acceptors (Lipinski definition) is 15. The maximum absolute atomic E-state index is 13.1. The van der Waals surface area contributed by atoms with Gasteiger partial charge in [-0.1, -0.05) is 375 Å². The zero-order chi connectivity index (χ0) is 73.5. The van der Waals surface area contributed by atoms with Gasteiger partial charge in [0.05, 0.1) is 26.4 Å². The van der Waals surface area contributed by atoms with Crippen molar-refractivity contribution < 1.29 is 80.2 Å². The second-order valence-corrected chi connectivity index (χ2v) is 33.0. The van der Waals surface area contributed by atoms with Crippen LogP contribution in [0.3, 0.4) is 0 Å². The van der Waals surface area contributed by atoms with Crippen molar-refractivity contribution in [2.24, 2.45) is 11.8 Å². The molecule has 0 radical (unpaired) electrons. The molecule has 0 spiro atoms. The van der Waals surface area contributed by atoms with E-state index in [2.05, 4.69) is 41.5 Å². The van der Waals surface area contributed by atoms with Crippen LogP contribution in [-0.4, -0.2) is 96.7 Å². The third kappa shape index (κ3) is 74.3. The Bertz CT molecular complexity index is 1920. The Hall–Kier alpha value is -1.94. The van der Waals surface area contributed by atoms with Gasteiger partial charge in [-0.05, 0) is 37.5 Å². The fourth-order valence-electron chi connectivity index (χ4n) is 12.5. The van der Waals surface area contributed by atoms with E-state index in [0.29, 0.717) is 25.7 Å². The van der Waals surface area contributed by atoms with E-state index in [1.54, 1.807) is 0 Å². The summed E-state index contributed by atoms with van der Waals surface area (Å²) in [7, 11) is -9.92. The molecule has 0 saturated heterocycles. The molecule has 0 aromatic carbocycles. The van der Waals surface area contributed by atoms with Crippen LogP contribution in [0.15, 0.2) is 0 Å². The van der Waals surface area contributed by atoms with Crippen molar-refractivity contribution in [1.82, 2.24) is 0 Å². The van der Waals surface area contributed by atoms with E-state index in [0.717, 1.165) is 102 Å². The molecule has 594 valence electrons. The van der Waals surface area contributed by atoms with Crippen LogP contribution in [0.4, 0.5) is 0 Å². The Morgan fingerprint density at radius 2 is 0.460 bits per heavy atom. The molecule has 100 heavy (non-hydrogen) atoms. The van der Waals surface area contributed by atoms with Crippen molar-refractivity contribution in [2.45, 2.75) is 445 Å². The lowest BCUT2D eigenvalue weighted by atomic mass is 10.0. The molecule has 2 unspecified atom stereocenters. The quantitative estimate of drug-likeness (QED) is 0.0222. The van der Waals surface area contributed by atoms with Gasteiger partial charge in [0.2, 0.25) is 0 Å². The predicted octanol–water partition coefficient (Wildman–Crippen LogP) is 24.3. The number of rotatable bonds is 80. The number of carbonyl (C=O) groups is 4. The molecule has 5 atom stereocenters. The summed E-state index contributed by atoms with van der Waals surface area (Å²) < 4.78 is 68.7. The highest BCUT2D eigenvalue weighted by molar-refractivity contribution is 7.47. The molecule has 3 N–H and O–H groups in total. The average molecular weight is 1470 g/mol. The monoisotopic (exact) mass is 1470 g/mol. The fraction of sp³-hybridized carbons (Fsp3) is 0.951. The molecule has 0 aromatic heterocycles. The second kappa shape index (κ2) is 72.6. The van der Waals surface area contributed by atoms with Crippen molar-refractivity contribution in [3.05, 3.63) is 0 Å². The van der Waals surface area contributed by atoms with Gasteiger partial charge in [-0.25, -0.2) is 9.13 Å². The lowest BCUT2D eigenvalue weighted by Gasteiger charge is -2.21. The Balaban J connectivity index is 5.23. The van der Waals surface area contributed by atoms with Crippen LogP contribution in [0.2, 0.25) is 0 Å². The number of phosphoric acid groups is 2. The molecule has 0 bridgehead atoms. The van der Waals surface area contributed by atoms with Gasteiger partial charge in [-0.2, -0.15) is 0 Å². The Labute approximate surface area is 613 Å². The number of esters is 4. The number of aliphatic hydroxyl groups is 1. The maximum Gasteiger partial charge on any atom is 0.472 e. The second-order valence-electron chi connectivity index (χ2n) is 30.1. The van der Waals surface area contributed by atoms with Gasteiger partial charge in [0.25, 0.3) is 0 Å². The van der Waals surface area contributed by atoms with Crippen molar-refractivity contribution >= 4 is 39.5 Å². The number of ether oxygens (including phenoxy) is 4. The molecule has 0 rings (SSSR count). The third-order valence-corrected chi connectivity index (χ3v) is 20.9. The van der Waals surface area contributed by atoms with Crippen LogP contribution >= 0.6 is 15.6 Å².